The summed E-state index contributed by atoms with van der Waals surface area (Å²) in [7, 11) is 6.88. The molecule has 3 amide bonds. The molecule has 50 heavy (non-hydrogen) atoms. The first-order valence-electron chi connectivity index (χ1n) is 17.2. The van der Waals surface area contributed by atoms with Gasteiger partial charge in [-0.05, 0) is 88.3 Å². The molecule has 270 valence electrons. The number of likely N-dealkylation sites (N-methyl/N-ethyl adjacent to an activating group) is 1. The number of aliphatic imine (C=N–C) groups is 1. The molecule has 12 nitrogen and oxygen atoms in total. The first-order chi connectivity index (χ1) is 23.7. The fourth-order valence-electron chi connectivity index (χ4n) is 6.19. The number of rotatable bonds is 15. The predicted octanol–water partition coefficient (Wildman–Crippen LogP) is 4.34. The molecule has 2 aromatic rings. The average Bonchev–Trinajstić information content (AvgIpc) is 3.94. The molecule has 2 aromatic heterocycles. The van der Waals surface area contributed by atoms with Gasteiger partial charge in [-0.2, -0.15) is 0 Å². The summed E-state index contributed by atoms with van der Waals surface area (Å²) in [5.74, 6) is 0.888. The molecule has 3 heterocycles. The summed E-state index contributed by atoms with van der Waals surface area (Å²) in [4.78, 5) is 57.8. The Kier molecular flexibility index (Phi) is 12.7. The minimum absolute atomic E-state index is 0.0107. The smallest absolute Gasteiger partial charge is 0.275 e. The van der Waals surface area contributed by atoms with Crippen molar-refractivity contribution in [3.8, 4) is 5.75 Å². The number of aromatic nitrogens is 2. The first-order valence-corrected chi connectivity index (χ1v) is 17.2. The molecule has 0 radical (unpaired) electrons. The minimum atomic E-state index is -0.771. The van der Waals surface area contributed by atoms with Crippen LogP contribution in [0.3, 0.4) is 0 Å². The van der Waals surface area contributed by atoms with Crippen LogP contribution in [-0.4, -0.2) is 115 Å². The van der Waals surface area contributed by atoms with Crippen LogP contribution in [0.2, 0.25) is 0 Å². The van der Waals surface area contributed by atoms with Gasteiger partial charge in [0, 0.05) is 59.6 Å². The van der Waals surface area contributed by atoms with Crippen LogP contribution in [-0.2, 0) is 14.3 Å². The van der Waals surface area contributed by atoms with Gasteiger partial charge in [0.2, 0.25) is 11.8 Å². The molecule has 3 unspecified atom stereocenters. The van der Waals surface area contributed by atoms with E-state index in [9.17, 15) is 14.4 Å². The number of methoxy groups -OCH3 is 1. The van der Waals surface area contributed by atoms with E-state index in [1.807, 2.05) is 46.0 Å². The molecule has 1 aliphatic heterocycles. The Labute approximate surface area is 296 Å². The molecule has 0 saturated heterocycles. The minimum Gasteiger partial charge on any atom is -0.481 e. The van der Waals surface area contributed by atoms with Crippen LogP contribution in [0.15, 0.2) is 59.9 Å². The summed E-state index contributed by atoms with van der Waals surface area (Å²) < 4.78 is 12.1. The Balaban J connectivity index is 1.55. The van der Waals surface area contributed by atoms with Crippen LogP contribution in [0.5, 0.6) is 5.75 Å². The van der Waals surface area contributed by atoms with Gasteiger partial charge in [0.05, 0.1) is 30.5 Å². The van der Waals surface area contributed by atoms with Crippen LogP contribution in [0.4, 0.5) is 0 Å². The van der Waals surface area contributed by atoms with E-state index in [0.29, 0.717) is 48.3 Å². The van der Waals surface area contributed by atoms with Crippen LogP contribution in [0.25, 0.3) is 0 Å². The first kappa shape index (κ1) is 38.4. The Bertz CT molecular complexity index is 1620. The van der Waals surface area contributed by atoms with Gasteiger partial charge in [-0.25, -0.2) is 4.98 Å². The number of nitrogens with zero attached hydrogens (tertiary/aromatic N) is 6. The molecule has 0 spiro atoms. The van der Waals surface area contributed by atoms with Crippen molar-refractivity contribution in [1.29, 1.82) is 0 Å². The van der Waals surface area contributed by atoms with Gasteiger partial charge in [0.25, 0.3) is 5.91 Å². The molecule has 1 saturated carbocycles. The van der Waals surface area contributed by atoms with Crippen molar-refractivity contribution in [2.24, 2.45) is 10.4 Å². The van der Waals surface area contributed by atoms with Crippen molar-refractivity contribution in [1.82, 2.24) is 30.0 Å². The van der Waals surface area contributed by atoms with Gasteiger partial charge in [-0.15, -0.1) is 0 Å². The van der Waals surface area contributed by atoms with E-state index >= 15 is 0 Å². The molecule has 1 N–H and O–H groups in total. The maximum Gasteiger partial charge on any atom is 0.275 e. The second kappa shape index (κ2) is 16.5. The summed E-state index contributed by atoms with van der Waals surface area (Å²) in [6, 6.07) is 5.85. The van der Waals surface area contributed by atoms with Gasteiger partial charge in [0.15, 0.2) is 6.10 Å². The quantitative estimate of drug-likeness (QED) is 0.274. The highest BCUT2D eigenvalue weighted by Gasteiger charge is 2.36. The molecule has 0 bridgehead atoms. The molecular formula is C38H53N7O5. The zero-order valence-corrected chi connectivity index (χ0v) is 31.0. The third-order valence-corrected chi connectivity index (χ3v) is 9.45. The van der Waals surface area contributed by atoms with Crippen LogP contribution in [0.1, 0.15) is 79.9 Å². The number of hydrogen-bond acceptors (Lipinski definition) is 9. The van der Waals surface area contributed by atoms with Crippen LogP contribution < -0.4 is 10.1 Å². The molecule has 1 aliphatic carbocycles. The highest BCUT2D eigenvalue weighted by molar-refractivity contribution is 6.13. The third-order valence-electron chi connectivity index (χ3n) is 9.45. The van der Waals surface area contributed by atoms with Gasteiger partial charge >= 0.3 is 0 Å². The van der Waals surface area contributed by atoms with Crippen molar-refractivity contribution in [2.45, 2.75) is 71.6 Å². The van der Waals surface area contributed by atoms with E-state index < -0.39 is 17.4 Å². The highest BCUT2D eigenvalue weighted by Crippen LogP contribution is 2.40. The summed E-state index contributed by atoms with van der Waals surface area (Å²) in [5, 5.41) is 2.88. The standard InChI is InChI=1S/C38H53N7O5/c1-11-33(46)44(9)26(4)20-45(27(5)22-49-10)21-32(31-15-14-29(18-39-31)28-12-13-28)50-30-16-24(2)34(40-19-30)36(47)42-35-25(3)17-38(6,23-41-35)37(48)43(7)8/h11,14-19,26-28,32H,1,12-13,20-23H2,2-10H3,(H,41,42,47)/t26-,27?,32?,38?/m1/s1. The summed E-state index contributed by atoms with van der Waals surface area (Å²) in [6.07, 6.45) is 8.54. The highest BCUT2D eigenvalue weighted by atomic mass is 16.5. The van der Waals surface area contributed by atoms with E-state index in [-0.39, 0.29) is 36.1 Å². The summed E-state index contributed by atoms with van der Waals surface area (Å²) >= 11 is 0. The lowest BCUT2D eigenvalue weighted by Gasteiger charge is -2.36. The molecule has 4 atom stereocenters. The normalized spacial score (nSPS) is 19.1. The number of amides is 3. The predicted molar refractivity (Wildman–Crippen MR) is 194 cm³/mol. The fourth-order valence-corrected chi connectivity index (χ4v) is 6.19. The summed E-state index contributed by atoms with van der Waals surface area (Å²) in [6.45, 7) is 14.9. The molecule has 12 heteroatoms. The SMILES string of the molecule is C=CC(=O)N(C)[C@H](C)CN(CC(Oc1cnc(C(=O)NC2=NCC(C)(C(=O)N(C)C)C=C2C)c(C)c1)c1ccc(C2CC2)cn1)C(C)COC. The van der Waals surface area contributed by atoms with Crippen molar-refractivity contribution in [2.75, 3.05) is 54.5 Å². The van der Waals surface area contributed by atoms with Gasteiger partial charge < -0.3 is 24.6 Å². The van der Waals surface area contributed by atoms with E-state index in [2.05, 4.69) is 39.8 Å². The largest absolute Gasteiger partial charge is 0.481 e. The number of nitrogens with one attached hydrogen (secondary N) is 1. The lowest BCUT2D eigenvalue weighted by Crippen LogP contribution is -2.48. The number of dihydropyridines is 1. The molecule has 0 aromatic carbocycles. The maximum atomic E-state index is 13.4. The number of aryl methyl sites for hydroxylation is 1. The Morgan fingerprint density at radius 1 is 1.08 bits per heavy atom. The molecule has 4 rings (SSSR count). The number of ether oxygens (including phenoxy) is 2. The van der Waals surface area contributed by atoms with E-state index in [0.717, 1.165) is 5.69 Å². The van der Waals surface area contributed by atoms with Crippen LogP contribution >= 0.6 is 0 Å². The van der Waals surface area contributed by atoms with Crippen LogP contribution in [0, 0.1) is 12.3 Å². The number of carbonyl (C=O) groups is 3. The van der Waals surface area contributed by atoms with Crippen molar-refractivity contribution < 1.29 is 23.9 Å². The topological polar surface area (TPSA) is 130 Å². The van der Waals surface area contributed by atoms with Gasteiger partial charge in [0.1, 0.15) is 17.3 Å². The lowest BCUT2D eigenvalue weighted by atomic mass is 9.85. The number of hydrogen-bond donors (Lipinski definition) is 1. The molecule has 2 aliphatic rings. The Hall–Kier alpha value is -4.42. The second-order valence-corrected chi connectivity index (χ2v) is 14.1. The number of pyridine rings is 2. The van der Waals surface area contributed by atoms with E-state index in [1.165, 1.54) is 24.5 Å². The van der Waals surface area contributed by atoms with Crippen molar-refractivity contribution in [3.63, 3.8) is 0 Å². The maximum absolute atomic E-state index is 13.4. The molecule has 1 fully saturated rings. The third kappa shape index (κ3) is 9.42. The number of amidine groups is 1. The van der Waals surface area contributed by atoms with Gasteiger partial charge in [-0.1, -0.05) is 18.7 Å². The van der Waals surface area contributed by atoms with E-state index in [4.69, 9.17) is 14.5 Å². The molecular weight excluding hydrogens is 634 g/mol. The second-order valence-electron chi connectivity index (χ2n) is 14.1. The van der Waals surface area contributed by atoms with Crippen molar-refractivity contribution in [3.05, 3.63) is 77.4 Å². The van der Waals surface area contributed by atoms with E-state index in [1.54, 1.807) is 50.3 Å². The average molecular weight is 688 g/mol. The fraction of sp³-hybridized carbons (Fsp3) is 0.526. The number of carbonyl (C=O) groups excluding carboxylic acids is 3. The zero-order chi connectivity index (χ0) is 36.7. The zero-order valence-electron chi connectivity index (χ0n) is 31.0. The Morgan fingerprint density at radius 3 is 2.36 bits per heavy atom. The summed E-state index contributed by atoms with van der Waals surface area (Å²) in [5.41, 5.74) is 2.81. The lowest BCUT2D eigenvalue weighted by molar-refractivity contribution is -0.135. The van der Waals surface area contributed by atoms with Crippen molar-refractivity contribution >= 4 is 23.6 Å². The monoisotopic (exact) mass is 687 g/mol. The van der Waals surface area contributed by atoms with Gasteiger partial charge in [-0.3, -0.25) is 29.3 Å². The Morgan fingerprint density at radius 2 is 1.80 bits per heavy atom.